The summed E-state index contributed by atoms with van der Waals surface area (Å²) in [4.78, 5) is 31.5. The second-order valence-corrected chi connectivity index (χ2v) is 5.65. The van der Waals surface area contributed by atoms with Crippen LogP contribution in [0.25, 0.3) is 0 Å². The maximum absolute atomic E-state index is 11.5. The van der Waals surface area contributed by atoms with Crippen LogP contribution in [0.4, 0.5) is 23.1 Å². The first kappa shape index (κ1) is 18.8. The largest absolute Gasteiger partial charge is 0.465 e. The molecule has 3 rings (SSSR count). The number of methoxy groups -OCH3 is 2. The van der Waals surface area contributed by atoms with Crippen LogP contribution in [0.1, 0.15) is 20.7 Å². The second-order valence-electron chi connectivity index (χ2n) is 5.65. The Labute approximate surface area is 161 Å². The van der Waals surface area contributed by atoms with Crippen molar-refractivity contribution in [2.75, 3.05) is 24.9 Å². The lowest BCUT2D eigenvalue weighted by atomic mass is 10.2. The highest BCUT2D eigenvalue weighted by molar-refractivity contribution is 5.90. The third-order valence-electron chi connectivity index (χ3n) is 3.80. The maximum Gasteiger partial charge on any atom is 0.337 e. The summed E-state index contributed by atoms with van der Waals surface area (Å²) in [6.45, 7) is 0. The van der Waals surface area contributed by atoms with E-state index in [9.17, 15) is 9.59 Å². The van der Waals surface area contributed by atoms with E-state index < -0.39 is 11.9 Å². The van der Waals surface area contributed by atoms with Gasteiger partial charge in [0.05, 0.1) is 25.3 Å². The van der Waals surface area contributed by atoms with Crippen molar-refractivity contribution in [2.45, 2.75) is 0 Å². The quantitative estimate of drug-likeness (QED) is 0.628. The molecule has 0 amide bonds. The number of carbonyl (C=O) groups is 2. The van der Waals surface area contributed by atoms with E-state index in [1.807, 2.05) is 0 Å². The lowest BCUT2D eigenvalue weighted by Crippen LogP contribution is -2.03. The Morgan fingerprint density at radius 1 is 0.750 bits per heavy atom. The van der Waals surface area contributed by atoms with Crippen LogP contribution < -0.4 is 10.6 Å². The number of carbonyl (C=O) groups excluding carboxylic acids is 2. The molecule has 0 bridgehead atoms. The van der Waals surface area contributed by atoms with Gasteiger partial charge in [-0.15, -0.1) is 0 Å². The van der Waals surface area contributed by atoms with Crippen molar-refractivity contribution in [1.29, 1.82) is 0 Å². The zero-order valence-corrected chi connectivity index (χ0v) is 15.3. The van der Waals surface area contributed by atoms with Gasteiger partial charge in [0.2, 0.25) is 5.95 Å². The summed E-state index contributed by atoms with van der Waals surface area (Å²) in [5.74, 6) is 0.182. The summed E-state index contributed by atoms with van der Waals surface area (Å²) in [5.41, 5.74) is 2.42. The molecule has 2 aromatic carbocycles. The lowest BCUT2D eigenvalue weighted by Gasteiger charge is -2.09. The first-order valence-electron chi connectivity index (χ1n) is 8.33. The van der Waals surface area contributed by atoms with Crippen LogP contribution in [0.5, 0.6) is 0 Å². The van der Waals surface area contributed by atoms with Gasteiger partial charge < -0.3 is 20.1 Å². The van der Waals surface area contributed by atoms with Crippen LogP contribution in [0, 0.1) is 0 Å². The number of hydrogen-bond donors (Lipinski definition) is 2. The van der Waals surface area contributed by atoms with E-state index in [2.05, 4.69) is 30.1 Å². The molecule has 0 spiro atoms. The molecular weight excluding hydrogens is 360 g/mol. The van der Waals surface area contributed by atoms with E-state index in [0.29, 0.717) is 22.9 Å². The van der Waals surface area contributed by atoms with E-state index >= 15 is 0 Å². The molecule has 3 aromatic rings. The third kappa shape index (κ3) is 4.61. The number of ether oxygens (including phenoxy) is 2. The Kier molecular flexibility index (Phi) is 5.81. The van der Waals surface area contributed by atoms with Gasteiger partial charge in [0.15, 0.2) is 0 Å². The van der Waals surface area contributed by atoms with Crippen LogP contribution >= 0.6 is 0 Å². The molecule has 0 radical (unpaired) electrons. The Hall–Kier alpha value is -3.94. The van der Waals surface area contributed by atoms with Crippen molar-refractivity contribution >= 4 is 35.1 Å². The minimum absolute atomic E-state index is 0.390. The van der Waals surface area contributed by atoms with Gasteiger partial charge in [0.1, 0.15) is 5.82 Å². The van der Waals surface area contributed by atoms with Gasteiger partial charge in [-0.05, 0) is 54.6 Å². The molecule has 0 aliphatic heterocycles. The van der Waals surface area contributed by atoms with Gasteiger partial charge in [0.25, 0.3) is 0 Å². The van der Waals surface area contributed by atoms with Gasteiger partial charge in [-0.2, -0.15) is 4.98 Å². The van der Waals surface area contributed by atoms with E-state index in [1.54, 1.807) is 60.8 Å². The summed E-state index contributed by atoms with van der Waals surface area (Å²) in [6, 6.07) is 15.3. The van der Waals surface area contributed by atoms with Gasteiger partial charge in [-0.25, -0.2) is 14.6 Å². The Bertz CT molecular complexity index is 896. The van der Waals surface area contributed by atoms with Crippen molar-refractivity contribution in [3.63, 3.8) is 0 Å². The number of nitrogens with zero attached hydrogens (tertiary/aromatic N) is 2. The van der Waals surface area contributed by atoms with Crippen molar-refractivity contribution in [1.82, 2.24) is 9.97 Å². The first-order chi connectivity index (χ1) is 13.6. The van der Waals surface area contributed by atoms with Crippen LogP contribution in [0.2, 0.25) is 0 Å². The molecule has 28 heavy (non-hydrogen) atoms. The zero-order chi connectivity index (χ0) is 19.9. The molecule has 0 aliphatic carbocycles. The number of rotatable bonds is 6. The Balaban J connectivity index is 1.68. The standard InChI is InChI=1S/C20H18N4O4/c1-27-18(25)13-3-7-15(8-4-13)22-17-11-12-21-20(24-17)23-16-9-5-14(6-10-16)19(26)28-2/h3-12H,1-2H3,(H2,21,22,23,24). The van der Waals surface area contributed by atoms with E-state index in [4.69, 9.17) is 0 Å². The van der Waals surface area contributed by atoms with Gasteiger partial charge >= 0.3 is 11.9 Å². The van der Waals surface area contributed by atoms with Crippen molar-refractivity contribution in [2.24, 2.45) is 0 Å². The molecule has 8 heteroatoms. The van der Waals surface area contributed by atoms with Crippen molar-refractivity contribution in [3.05, 3.63) is 71.9 Å². The molecule has 2 N–H and O–H groups in total. The van der Waals surface area contributed by atoms with Gasteiger partial charge in [0, 0.05) is 17.6 Å². The molecule has 0 aliphatic rings. The molecule has 0 unspecified atom stereocenters. The maximum atomic E-state index is 11.5. The number of anilines is 4. The summed E-state index contributed by atoms with van der Waals surface area (Å²) < 4.78 is 9.36. The number of hydrogen-bond acceptors (Lipinski definition) is 8. The van der Waals surface area contributed by atoms with E-state index in [0.717, 1.165) is 11.4 Å². The monoisotopic (exact) mass is 378 g/mol. The molecule has 0 atom stereocenters. The normalized spacial score (nSPS) is 10.1. The highest BCUT2D eigenvalue weighted by atomic mass is 16.5. The number of esters is 2. The number of benzene rings is 2. The van der Waals surface area contributed by atoms with Gasteiger partial charge in [-0.1, -0.05) is 0 Å². The molecule has 0 fully saturated rings. The predicted octanol–water partition coefficient (Wildman–Crippen LogP) is 3.54. The van der Waals surface area contributed by atoms with Gasteiger partial charge in [-0.3, -0.25) is 0 Å². The summed E-state index contributed by atoms with van der Waals surface area (Å²) in [6.07, 6.45) is 1.61. The number of aromatic nitrogens is 2. The van der Waals surface area contributed by atoms with Crippen molar-refractivity contribution < 1.29 is 19.1 Å². The highest BCUT2D eigenvalue weighted by Crippen LogP contribution is 2.19. The minimum atomic E-state index is -0.396. The lowest BCUT2D eigenvalue weighted by molar-refractivity contribution is 0.0592. The number of nitrogens with one attached hydrogen (secondary N) is 2. The topological polar surface area (TPSA) is 102 Å². The van der Waals surface area contributed by atoms with Crippen molar-refractivity contribution in [3.8, 4) is 0 Å². The third-order valence-corrected chi connectivity index (χ3v) is 3.80. The first-order valence-corrected chi connectivity index (χ1v) is 8.33. The fourth-order valence-corrected chi connectivity index (χ4v) is 2.38. The fourth-order valence-electron chi connectivity index (χ4n) is 2.38. The molecule has 0 saturated carbocycles. The Morgan fingerprint density at radius 2 is 1.25 bits per heavy atom. The van der Waals surface area contributed by atoms with Crippen LogP contribution in [0.15, 0.2) is 60.8 Å². The average Bonchev–Trinajstić information content (AvgIpc) is 2.74. The van der Waals surface area contributed by atoms with Crippen LogP contribution in [-0.4, -0.2) is 36.1 Å². The molecule has 8 nitrogen and oxygen atoms in total. The zero-order valence-electron chi connectivity index (χ0n) is 15.3. The molecule has 1 aromatic heterocycles. The summed E-state index contributed by atoms with van der Waals surface area (Å²) in [7, 11) is 2.68. The molecule has 142 valence electrons. The second kappa shape index (κ2) is 8.63. The SMILES string of the molecule is COC(=O)c1ccc(Nc2ccnc(Nc3ccc(C(=O)OC)cc3)n2)cc1. The molecule has 0 saturated heterocycles. The smallest absolute Gasteiger partial charge is 0.337 e. The van der Waals surface area contributed by atoms with E-state index in [1.165, 1.54) is 14.2 Å². The average molecular weight is 378 g/mol. The molecule has 1 heterocycles. The van der Waals surface area contributed by atoms with Crippen LogP contribution in [0.3, 0.4) is 0 Å². The predicted molar refractivity (Wildman–Crippen MR) is 104 cm³/mol. The van der Waals surface area contributed by atoms with Crippen LogP contribution in [-0.2, 0) is 9.47 Å². The molecular formula is C20H18N4O4. The summed E-state index contributed by atoms with van der Waals surface area (Å²) >= 11 is 0. The fraction of sp³-hybridized carbons (Fsp3) is 0.100. The minimum Gasteiger partial charge on any atom is -0.465 e. The van der Waals surface area contributed by atoms with E-state index in [-0.39, 0.29) is 0 Å². The highest BCUT2D eigenvalue weighted by Gasteiger charge is 2.07. The summed E-state index contributed by atoms with van der Waals surface area (Å²) in [5, 5.41) is 6.21. The Morgan fingerprint density at radius 3 is 1.75 bits per heavy atom.